The average Bonchev–Trinajstić information content (AvgIpc) is 2.57. The maximum absolute atomic E-state index is 12.1. The van der Waals surface area contributed by atoms with E-state index in [-0.39, 0.29) is 12.5 Å². The molecule has 0 unspecified atom stereocenters. The highest BCUT2D eigenvalue weighted by Gasteiger charge is 2.04. The zero-order chi connectivity index (χ0) is 18.2. The van der Waals surface area contributed by atoms with E-state index in [9.17, 15) is 4.79 Å². The highest BCUT2D eigenvalue weighted by atomic mass is 16.5. The van der Waals surface area contributed by atoms with Crippen LogP contribution in [0, 0.1) is 19.8 Å². The van der Waals surface area contributed by atoms with Crippen LogP contribution in [-0.2, 0) is 4.79 Å². The number of anilines is 2. The predicted molar refractivity (Wildman–Crippen MR) is 104 cm³/mol. The van der Waals surface area contributed by atoms with Gasteiger partial charge in [-0.1, -0.05) is 19.9 Å². The standard InChI is InChI=1S/C21H28N2O2/c1-15(2)11-12-25-20-9-7-18(8-10-20)23-21(24)14-22-19-6-5-16(3)17(4)13-19/h5-10,13,15,22H,11-12,14H2,1-4H3,(H,23,24). The molecule has 0 aliphatic heterocycles. The van der Waals surface area contributed by atoms with Gasteiger partial charge in [-0.05, 0) is 73.7 Å². The summed E-state index contributed by atoms with van der Waals surface area (Å²) in [6.07, 6.45) is 1.03. The van der Waals surface area contributed by atoms with Gasteiger partial charge in [0.2, 0.25) is 5.91 Å². The van der Waals surface area contributed by atoms with E-state index in [0.717, 1.165) is 23.5 Å². The van der Waals surface area contributed by atoms with Crippen LogP contribution in [0.25, 0.3) is 0 Å². The van der Waals surface area contributed by atoms with Gasteiger partial charge in [0.25, 0.3) is 0 Å². The second-order valence-corrected chi connectivity index (χ2v) is 6.76. The number of benzene rings is 2. The summed E-state index contributed by atoms with van der Waals surface area (Å²) in [6, 6.07) is 13.6. The van der Waals surface area contributed by atoms with Crippen molar-refractivity contribution in [3.05, 3.63) is 53.6 Å². The molecule has 0 aromatic heterocycles. The lowest BCUT2D eigenvalue weighted by Crippen LogP contribution is -2.21. The summed E-state index contributed by atoms with van der Waals surface area (Å²) in [5, 5.41) is 6.03. The summed E-state index contributed by atoms with van der Waals surface area (Å²) >= 11 is 0. The van der Waals surface area contributed by atoms with Crippen molar-refractivity contribution in [2.45, 2.75) is 34.1 Å². The van der Waals surface area contributed by atoms with Gasteiger partial charge >= 0.3 is 0 Å². The first-order valence-corrected chi connectivity index (χ1v) is 8.78. The number of hydrogen-bond acceptors (Lipinski definition) is 3. The van der Waals surface area contributed by atoms with E-state index in [0.29, 0.717) is 12.5 Å². The molecule has 0 aliphatic rings. The summed E-state index contributed by atoms with van der Waals surface area (Å²) < 4.78 is 5.68. The summed E-state index contributed by atoms with van der Waals surface area (Å²) in [4.78, 5) is 12.1. The van der Waals surface area contributed by atoms with Crippen LogP contribution in [0.1, 0.15) is 31.4 Å². The maximum Gasteiger partial charge on any atom is 0.243 e. The van der Waals surface area contributed by atoms with E-state index in [4.69, 9.17) is 4.74 Å². The van der Waals surface area contributed by atoms with Crippen LogP contribution in [0.2, 0.25) is 0 Å². The first kappa shape index (κ1) is 18.8. The average molecular weight is 340 g/mol. The Balaban J connectivity index is 1.78. The van der Waals surface area contributed by atoms with Gasteiger partial charge in [0.15, 0.2) is 0 Å². The molecule has 0 saturated carbocycles. The van der Waals surface area contributed by atoms with Crippen molar-refractivity contribution in [3.63, 3.8) is 0 Å². The minimum absolute atomic E-state index is 0.0771. The van der Waals surface area contributed by atoms with Crippen molar-refractivity contribution >= 4 is 17.3 Å². The smallest absolute Gasteiger partial charge is 0.243 e. The van der Waals surface area contributed by atoms with E-state index in [2.05, 4.69) is 38.3 Å². The Bertz CT molecular complexity index is 694. The lowest BCUT2D eigenvalue weighted by molar-refractivity contribution is -0.114. The maximum atomic E-state index is 12.1. The van der Waals surface area contributed by atoms with Crippen molar-refractivity contribution in [2.75, 3.05) is 23.8 Å². The van der Waals surface area contributed by atoms with E-state index in [1.54, 1.807) is 0 Å². The molecule has 0 fully saturated rings. The van der Waals surface area contributed by atoms with Crippen molar-refractivity contribution < 1.29 is 9.53 Å². The van der Waals surface area contributed by atoms with Crippen LogP contribution in [0.4, 0.5) is 11.4 Å². The third-order valence-electron chi connectivity index (χ3n) is 4.06. The van der Waals surface area contributed by atoms with Gasteiger partial charge in [0.05, 0.1) is 13.2 Å². The molecule has 0 bridgehead atoms. The summed E-state index contributed by atoms with van der Waals surface area (Å²) in [7, 11) is 0. The molecule has 2 aromatic rings. The van der Waals surface area contributed by atoms with Crippen molar-refractivity contribution in [1.29, 1.82) is 0 Å². The van der Waals surface area contributed by atoms with Crippen molar-refractivity contribution in [1.82, 2.24) is 0 Å². The molecule has 2 aromatic carbocycles. The molecule has 0 heterocycles. The first-order valence-electron chi connectivity index (χ1n) is 8.78. The van der Waals surface area contributed by atoms with Gasteiger partial charge in [-0.15, -0.1) is 0 Å². The minimum atomic E-state index is -0.0771. The van der Waals surface area contributed by atoms with Gasteiger partial charge < -0.3 is 15.4 Å². The fraction of sp³-hybridized carbons (Fsp3) is 0.381. The van der Waals surface area contributed by atoms with Crippen molar-refractivity contribution in [3.8, 4) is 5.75 Å². The Kier molecular flexibility index (Phi) is 6.87. The first-order chi connectivity index (χ1) is 11.9. The fourth-order valence-electron chi connectivity index (χ4n) is 2.29. The Morgan fingerprint density at radius 1 is 1.00 bits per heavy atom. The lowest BCUT2D eigenvalue weighted by Gasteiger charge is -2.11. The minimum Gasteiger partial charge on any atom is -0.494 e. The quantitative estimate of drug-likeness (QED) is 0.727. The molecular formula is C21H28N2O2. The molecule has 4 nitrogen and oxygen atoms in total. The zero-order valence-corrected chi connectivity index (χ0v) is 15.6. The van der Waals surface area contributed by atoms with Crippen LogP contribution in [0.5, 0.6) is 5.75 Å². The Morgan fingerprint density at radius 2 is 1.68 bits per heavy atom. The summed E-state index contributed by atoms with van der Waals surface area (Å²) in [5.74, 6) is 1.38. The number of rotatable bonds is 8. The van der Waals surface area contributed by atoms with Gasteiger partial charge in [-0.25, -0.2) is 0 Å². The third kappa shape index (κ3) is 6.49. The number of hydrogen-bond donors (Lipinski definition) is 2. The number of carbonyl (C=O) groups excluding carboxylic acids is 1. The number of ether oxygens (including phenoxy) is 1. The highest BCUT2D eigenvalue weighted by molar-refractivity contribution is 5.93. The van der Waals surface area contributed by atoms with Crippen LogP contribution < -0.4 is 15.4 Å². The molecule has 0 radical (unpaired) electrons. The highest BCUT2D eigenvalue weighted by Crippen LogP contribution is 2.17. The summed E-state index contributed by atoms with van der Waals surface area (Å²) in [5.41, 5.74) is 4.17. The molecule has 0 saturated heterocycles. The topological polar surface area (TPSA) is 50.4 Å². The van der Waals surface area contributed by atoms with Gasteiger partial charge in [0, 0.05) is 11.4 Å². The molecule has 1 amide bonds. The third-order valence-corrected chi connectivity index (χ3v) is 4.06. The number of nitrogens with one attached hydrogen (secondary N) is 2. The zero-order valence-electron chi connectivity index (χ0n) is 15.6. The monoisotopic (exact) mass is 340 g/mol. The van der Waals surface area contributed by atoms with Crippen molar-refractivity contribution in [2.24, 2.45) is 5.92 Å². The van der Waals surface area contributed by atoms with Gasteiger partial charge in [0.1, 0.15) is 5.75 Å². The van der Waals surface area contributed by atoms with E-state index >= 15 is 0 Å². The van der Waals surface area contributed by atoms with Crippen LogP contribution in [0.3, 0.4) is 0 Å². The van der Waals surface area contributed by atoms with Crippen LogP contribution in [0.15, 0.2) is 42.5 Å². The second kappa shape index (κ2) is 9.11. The molecule has 4 heteroatoms. The molecule has 0 aliphatic carbocycles. The molecule has 25 heavy (non-hydrogen) atoms. The van der Waals surface area contributed by atoms with E-state index in [1.165, 1.54) is 11.1 Å². The number of amides is 1. The molecular weight excluding hydrogens is 312 g/mol. The fourth-order valence-corrected chi connectivity index (χ4v) is 2.29. The van der Waals surface area contributed by atoms with E-state index < -0.39 is 0 Å². The molecule has 2 N–H and O–H groups in total. The number of aryl methyl sites for hydroxylation is 2. The SMILES string of the molecule is Cc1ccc(NCC(=O)Nc2ccc(OCCC(C)C)cc2)cc1C. The van der Waals surface area contributed by atoms with Crippen LogP contribution >= 0.6 is 0 Å². The normalized spacial score (nSPS) is 10.6. The summed E-state index contributed by atoms with van der Waals surface area (Å²) in [6.45, 7) is 9.42. The molecule has 134 valence electrons. The second-order valence-electron chi connectivity index (χ2n) is 6.76. The largest absolute Gasteiger partial charge is 0.494 e. The predicted octanol–water partition coefficient (Wildman–Crippen LogP) is 4.78. The molecule has 0 atom stereocenters. The van der Waals surface area contributed by atoms with Gasteiger partial charge in [-0.3, -0.25) is 4.79 Å². The van der Waals surface area contributed by atoms with E-state index in [1.807, 2.05) is 42.5 Å². The Morgan fingerprint density at radius 3 is 2.32 bits per heavy atom. The Hall–Kier alpha value is -2.49. The molecule has 0 spiro atoms. The lowest BCUT2D eigenvalue weighted by atomic mass is 10.1. The molecule has 2 rings (SSSR count). The van der Waals surface area contributed by atoms with Crippen LogP contribution in [-0.4, -0.2) is 19.1 Å². The number of carbonyl (C=O) groups is 1. The Labute approximate surface area is 150 Å². The van der Waals surface area contributed by atoms with Gasteiger partial charge in [-0.2, -0.15) is 0 Å².